The largest absolute Gasteiger partial charge is 0.497 e. The summed E-state index contributed by atoms with van der Waals surface area (Å²) in [6.07, 6.45) is 2.09. The minimum Gasteiger partial charge on any atom is -0.497 e. The lowest BCUT2D eigenvalue weighted by molar-refractivity contribution is 0.393. The maximum atomic E-state index is 5.41. The fourth-order valence-corrected chi connectivity index (χ4v) is 3.80. The van der Waals surface area contributed by atoms with Crippen LogP contribution in [0.25, 0.3) is 0 Å². The molecule has 0 unspecified atom stereocenters. The minimum absolute atomic E-state index is 0. The number of nitrogens with one attached hydrogen (secondary N) is 2. The maximum Gasteiger partial charge on any atom is 0.191 e. The highest BCUT2D eigenvalue weighted by Gasteiger charge is 2.21. The first kappa shape index (κ1) is 25.9. The molecule has 0 radical (unpaired) electrons. The van der Waals surface area contributed by atoms with Crippen molar-refractivity contribution in [3.63, 3.8) is 0 Å². The molecule has 0 spiro atoms. The number of halogens is 1. The van der Waals surface area contributed by atoms with E-state index in [0.29, 0.717) is 6.04 Å². The molecule has 0 atom stereocenters. The van der Waals surface area contributed by atoms with E-state index in [9.17, 15) is 0 Å². The highest BCUT2D eigenvalue weighted by atomic mass is 127. The Bertz CT molecular complexity index is 819. The summed E-state index contributed by atoms with van der Waals surface area (Å²) in [7, 11) is 7.31. The number of likely N-dealkylation sites (N-methyl/N-ethyl adjacent to an activating group) is 1. The van der Waals surface area contributed by atoms with E-state index in [4.69, 9.17) is 9.47 Å². The Labute approximate surface area is 209 Å². The summed E-state index contributed by atoms with van der Waals surface area (Å²) in [6.45, 7) is 3.68. The van der Waals surface area contributed by atoms with Crippen LogP contribution in [-0.2, 0) is 0 Å². The van der Waals surface area contributed by atoms with Gasteiger partial charge in [-0.1, -0.05) is 18.2 Å². The second-order valence-electron chi connectivity index (χ2n) is 7.73. The van der Waals surface area contributed by atoms with Crippen LogP contribution < -0.4 is 29.9 Å². The number of rotatable bonds is 8. The van der Waals surface area contributed by atoms with Gasteiger partial charge < -0.3 is 29.9 Å². The number of guanidine groups is 1. The number of methoxy groups -OCH3 is 2. The van der Waals surface area contributed by atoms with Crippen LogP contribution in [0.1, 0.15) is 12.8 Å². The van der Waals surface area contributed by atoms with Crippen molar-refractivity contribution in [3.8, 4) is 11.5 Å². The van der Waals surface area contributed by atoms with Gasteiger partial charge in [0.2, 0.25) is 0 Å². The lowest BCUT2D eigenvalue weighted by Gasteiger charge is -2.35. The van der Waals surface area contributed by atoms with Crippen molar-refractivity contribution in [2.24, 2.45) is 4.99 Å². The highest BCUT2D eigenvalue weighted by Crippen LogP contribution is 2.30. The Morgan fingerprint density at radius 3 is 2.25 bits per heavy atom. The average molecular weight is 553 g/mol. The van der Waals surface area contributed by atoms with Crippen LogP contribution in [0.5, 0.6) is 11.5 Å². The van der Waals surface area contributed by atoms with Crippen LogP contribution in [0.2, 0.25) is 0 Å². The zero-order valence-corrected chi connectivity index (χ0v) is 21.8. The molecule has 8 heteroatoms. The Kier molecular flexibility index (Phi) is 10.7. The first-order valence-corrected chi connectivity index (χ1v) is 10.8. The van der Waals surface area contributed by atoms with E-state index in [1.54, 1.807) is 14.2 Å². The zero-order valence-electron chi connectivity index (χ0n) is 19.5. The number of benzene rings is 2. The van der Waals surface area contributed by atoms with Crippen molar-refractivity contribution in [1.82, 2.24) is 10.6 Å². The van der Waals surface area contributed by atoms with Gasteiger partial charge >= 0.3 is 0 Å². The normalized spacial score (nSPS) is 14.4. The van der Waals surface area contributed by atoms with Gasteiger partial charge in [0.15, 0.2) is 5.96 Å². The van der Waals surface area contributed by atoms with Crippen molar-refractivity contribution >= 4 is 41.3 Å². The first-order chi connectivity index (χ1) is 15.1. The van der Waals surface area contributed by atoms with Crippen molar-refractivity contribution in [1.29, 1.82) is 0 Å². The van der Waals surface area contributed by atoms with E-state index in [0.717, 1.165) is 62.2 Å². The van der Waals surface area contributed by atoms with Gasteiger partial charge in [-0.05, 0) is 25.0 Å². The van der Waals surface area contributed by atoms with Crippen LogP contribution in [0, 0.1) is 0 Å². The molecular formula is C24H36IN5O2. The Morgan fingerprint density at radius 2 is 1.69 bits per heavy atom. The SMILES string of the molecule is CN=C(NCCN(C)c1ccccc1)NC1CCN(c2cc(OC)cc(OC)c2)CC1.I. The van der Waals surface area contributed by atoms with Crippen LogP contribution in [0.15, 0.2) is 53.5 Å². The fraction of sp³-hybridized carbons (Fsp3) is 0.458. The van der Waals surface area contributed by atoms with Gasteiger partial charge in [0, 0.05) is 75.9 Å². The smallest absolute Gasteiger partial charge is 0.191 e. The molecule has 32 heavy (non-hydrogen) atoms. The Morgan fingerprint density at radius 1 is 1.06 bits per heavy atom. The second-order valence-corrected chi connectivity index (χ2v) is 7.73. The van der Waals surface area contributed by atoms with E-state index in [-0.39, 0.29) is 24.0 Å². The fourth-order valence-electron chi connectivity index (χ4n) is 3.80. The van der Waals surface area contributed by atoms with Crippen molar-refractivity contribution < 1.29 is 9.47 Å². The van der Waals surface area contributed by atoms with Gasteiger partial charge in [-0.15, -0.1) is 24.0 Å². The van der Waals surface area contributed by atoms with Gasteiger partial charge in [-0.2, -0.15) is 0 Å². The number of para-hydroxylation sites is 1. The molecule has 1 heterocycles. The van der Waals surface area contributed by atoms with E-state index < -0.39 is 0 Å². The van der Waals surface area contributed by atoms with E-state index >= 15 is 0 Å². The quantitative estimate of drug-likeness (QED) is 0.296. The number of anilines is 2. The molecular weight excluding hydrogens is 517 g/mol. The summed E-state index contributed by atoms with van der Waals surface area (Å²) >= 11 is 0. The lowest BCUT2D eigenvalue weighted by atomic mass is 10.0. The summed E-state index contributed by atoms with van der Waals surface area (Å²) < 4.78 is 10.8. The number of aliphatic imine (C=N–C) groups is 1. The van der Waals surface area contributed by atoms with Crippen molar-refractivity contribution in [2.75, 3.05) is 64.3 Å². The molecule has 0 amide bonds. The standard InChI is InChI=1S/C24H35N5O2.HI/c1-25-24(26-12-15-28(2)20-8-6-5-7-9-20)27-19-10-13-29(14-11-19)21-16-22(30-3)18-23(17-21)31-4;/h5-9,16-19H,10-15H2,1-4H3,(H2,25,26,27);1H. The predicted octanol–water partition coefficient (Wildman–Crippen LogP) is 3.59. The minimum atomic E-state index is 0. The molecule has 1 fully saturated rings. The van der Waals surface area contributed by atoms with Gasteiger partial charge in [0.05, 0.1) is 14.2 Å². The summed E-state index contributed by atoms with van der Waals surface area (Å²) in [6, 6.07) is 16.9. The summed E-state index contributed by atoms with van der Waals surface area (Å²) in [4.78, 5) is 9.02. The van der Waals surface area contributed by atoms with E-state index in [2.05, 4.69) is 68.9 Å². The molecule has 0 bridgehead atoms. The number of piperidine rings is 1. The number of nitrogens with zero attached hydrogens (tertiary/aromatic N) is 3. The number of hydrogen-bond acceptors (Lipinski definition) is 5. The third kappa shape index (κ3) is 7.36. The van der Waals surface area contributed by atoms with Gasteiger partial charge in [0.1, 0.15) is 11.5 Å². The average Bonchev–Trinajstić information content (AvgIpc) is 2.83. The molecule has 0 saturated carbocycles. The molecule has 1 aliphatic rings. The van der Waals surface area contributed by atoms with E-state index in [1.165, 1.54) is 5.69 Å². The summed E-state index contributed by atoms with van der Waals surface area (Å²) in [5.41, 5.74) is 2.36. The van der Waals surface area contributed by atoms with Crippen LogP contribution >= 0.6 is 24.0 Å². The number of ether oxygens (including phenoxy) is 2. The Balaban J connectivity index is 0.00000363. The van der Waals surface area contributed by atoms with Gasteiger partial charge in [0.25, 0.3) is 0 Å². The lowest BCUT2D eigenvalue weighted by Crippen LogP contribution is -2.49. The molecule has 0 aliphatic carbocycles. The van der Waals surface area contributed by atoms with Crippen LogP contribution in [0.4, 0.5) is 11.4 Å². The first-order valence-electron chi connectivity index (χ1n) is 10.8. The van der Waals surface area contributed by atoms with Crippen molar-refractivity contribution in [3.05, 3.63) is 48.5 Å². The molecule has 1 saturated heterocycles. The summed E-state index contributed by atoms with van der Waals surface area (Å²) in [5.74, 6) is 2.50. The number of hydrogen-bond donors (Lipinski definition) is 2. The molecule has 2 N–H and O–H groups in total. The van der Waals surface area contributed by atoms with Gasteiger partial charge in [-0.3, -0.25) is 4.99 Å². The highest BCUT2D eigenvalue weighted by molar-refractivity contribution is 14.0. The molecule has 7 nitrogen and oxygen atoms in total. The molecule has 176 valence electrons. The predicted molar refractivity (Wildman–Crippen MR) is 144 cm³/mol. The second kappa shape index (κ2) is 13.2. The van der Waals surface area contributed by atoms with Crippen molar-refractivity contribution in [2.45, 2.75) is 18.9 Å². The van der Waals surface area contributed by atoms with E-state index in [1.807, 2.05) is 19.2 Å². The molecule has 0 aromatic heterocycles. The maximum absolute atomic E-state index is 5.41. The topological polar surface area (TPSA) is 61.4 Å². The molecule has 2 aromatic rings. The van der Waals surface area contributed by atoms with Crippen LogP contribution in [0.3, 0.4) is 0 Å². The van der Waals surface area contributed by atoms with Gasteiger partial charge in [-0.25, -0.2) is 0 Å². The molecule has 1 aliphatic heterocycles. The third-order valence-electron chi connectivity index (χ3n) is 5.70. The Hall–Kier alpha value is -2.36. The monoisotopic (exact) mass is 553 g/mol. The third-order valence-corrected chi connectivity index (χ3v) is 5.70. The van der Waals surface area contributed by atoms with Crippen LogP contribution in [-0.4, -0.2) is 66.5 Å². The molecule has 2 aromatic carbocycles. The summed E-state index contributed by atoms with van der Waals surface area (Å²) in [5, 5.41) is 7.02. The molecule has 3 rings (SSSR count). The zero-order chi connectivity index (χ0) is 22.1.